The monoisotopic (exact) mass is 382 g/mol. The molecule has 2 aromatic rings. The summed E-state index contributed by atoms with van der Waals surface area (Å²) in [6.45, 7) is 6.10. The number of hydrogen-bond acceptors (Lipinski definition) is 3. The van der Waals surface area contributed by atoms with Crippen LogP contribution >= 0.6 is 0 Å². The molecule has 1 aliphatic carbocycles. The Morgan fingerprint density at radius 3 is 2.89 bits per heavy atom. The molecule has 4 nitrogen and oxygen atoms in total. The average molecular weight is 382 g/mol. The molecule has 1 atom stereocenters. The lowest BCUT2D eigenvalue weighted by Gasteiger charge is -2.28. The fourth-order valence-corrected chi connectivity index (χ4v) is 4.04. The van der Waals surface area contributed by atoms with Gasteiger partial charge in [0, 0.05) is 24.2 Å². The Morgan fingerprint density at radius 1 is 1.36 bits per heavy atom. The van der Waals surface area contributed by atoms with Crippen molar-refractivity contribution in [2.24, 2.45) is 0 Å². The minimum Gasteiger partial charge on any atom is -0.296 e. The zero-order valence-electron chi connectivity index (χ0n) is 16.4. The minimum absolute atomic E-state index is 0.220. The van der Waals surface area contributed by atoms with Gasteiger partial charge >= 0.3 is 0 Å². The smallest absolute Gasteiger partial charge is 0.267 e. The molecule has 0 heterocycles. The standard InChI is InChI=1S/C23H27FN2O2/c1-3-26(14-13-17-6-4-5-16(2)15-17)21-11-10-20-19(21)9-7-18(23(20)24)8-12-22(27)25-28/h4-9,12,15,21,28H,3,10-11,13-14H2,1-2H3,(H,25,27)/b12-8+. The van der Waals surface area contributed by atoms with Crippen molar-refractivity contribution in [3.8, 4) is 0 Å². The second kappa shape index (κ2) is 9.13. The topological polar surface area (TPSA) is 52.6 Å². The van der Waals surface area contributed by atoms with Crippen molar-refractivity contribution in [1.29, 1.82) is 0 Å². The van der Waals surface area contributed by atoms with E-state index in [2.05, 4.69) is 43.0 Å². The van der Waals surface area contributed by atoms with Gasteiger partial charge < -0.3 is 0 Å². The average Bonchev–Trinajstić information content (AvgIpc) is 3.12. The summed E-state index contributed by atoms with van der Waals surface area (Å²) in [4.78, 5) is 13.6. The highest BCUT2D eigenvalue weighted by Gasteiger charge is 2.29. The van der Waals surface area contributed by atoms with Gasteiger partial charge in [0.2, 0.25) is 0 Å². The summed E-state index contributed by atoms with van der Waals surface area (Å²) in [7, 11) is 0. The molecule has 2 aromatic carbocycles. The lowest BCUT2D eigenvalue weighted by Crippen LogP contribution is -2.29. The number of halogens is 1. The summed E-state index contributed by atoms with van der Waals surface area (Å²) >= 11 is 0. The zero-order valence-corrected chi connectivity index (χ0v) is 16.4. The first kappa shape index (κ1) is 20.2. The molecule has 0 aromatic heterocycles. The van der Waals surface area contributed by atoms with E-state index < -0.39 is 5.91 Å². The molecular formula is C23H27FN2O2. The number of carbonyl (C=O) groups excluding carboxylic acids is 1. The highest BCUT2D eigenvalue weighted by atomic mass is 19.1. The maximum Gasteiger partial charge on any atom is 0.267 e. The van der Waals surface area contributed by atoms with E-state index in [1.54, 1.807) is 6.07 Å². The third-order valence-corrected chi connectivity index (χ3v) is 5.48. The van der Waals surface area contributed by atoms with Gasteiger partial charge in [-0.2, -0.15) is 0 Å². The van der Waals surface area contributed by atoms with E-state index in [9.17, 15) is 9.18 Å². The van der Waals surface area contributed by atoms with Gasteiger partial charge in [-0.05, 0) is 55.5 Å². The first-order valence-corrected chi connectivity index (χ1v) is 9.76. The molecule has 0 fully saturated rings. The minimum atomic E-state index is -0.675. The molecule has 1 unspecified atom stereocenters. The Balaban J connectivity index is 1.75. The van der Waals surface area contributed by atoms with Crippen LogP contribution in [0.4, 0.5) is 4.39 Å². The number of benzene rings is 2. The van der Waals surface area contributed by atoms with Gasteiger partial charge in [0.15, 0.2) is 0 Å². The van der Waals surface area contributed by atoms with Crippen molar-refractivity contribution in [3.05, 3.63) is 76.1 Å². The van der Waals surface area contributed by atoms with Gasteiger partial charge in [0.1, 0.15) is 5.82 Å². The molecule has 148 valence electrons. The number of likely N-dealkylation sites (N-methyl/N-ethyl adjacent to an activating group) is 1. The number of aryl methyl sites for hydroxylation is 1. The van der Waals surface area contributed by atoms with Crippen molar-refractivity contribution >= 4 is 12.0 Å². The molecule has 0 spiro atoms. The van der Waals surface area contributed by atoms with Crippen molar-refractivity contribution in [2.45, 2.75) is 39.2 Å². The Kier molecular flexibility index (Phi) is 6.60. The number of hydroxylamine groups is 1. The van der Waals surface area contributed by atoms with Crippen LogP contribution in [-0.2, 0) is 17.6 Å². The highest BCUT2D eigenvalue weighted by Crippen LogP contribution is 2.38. The summed E-state index contributed by atoms with van der Waals surface area (Å²) in [5.41, 5.74) is 6.26. The van der Waals surface area contributed by atoms with Crippen molar-refractivity contribution < 1.29 is 14.4 Å². The molecule has 0 aliphatic heterocycles. The Labute approximate surface area is 165 Å². The highest BCUT2D eigenvalue weighted by molar-refractivity contribution is 5.90. The van der Waals surface area contributed by atoms with E-state index in [1.807, 2.05) is 6.07 Å². The molecule has 3 rings (SSSR count). The lowest BCUT2D eigenvalue weighted by molar-refractivity contribution is -0.124. The number of carbonyl (C=O) groups is 1. The molecule has 0 radical (unpaired) electrons. The predicted molar refractivity (Wildman–Crippen MR) is 109 cm³/mol. The van der Waals surface area contributed by atoms with Crippen LogP contribution in [0.3, 0.4) is 0 Å². The Hall–Kier alpha value is -2.50. The Morgan fingerprint density at radius 2 is 2.18 bits per heavy atom. The predicted octanol–water partition coefficient (Wildman–Crippen LogP) is 4.20. The zero-order chi connectivity index (χ0) is 20.1. The van der Waals surface area contributed by atoms with Gasteiger partial charge in [0.05, 0.1) is 0 Å². The Bertz CT molecular complexity index is 879. The third kappa shape index (κ3) is 4.49. The fraction of sp³-hybridized carbons (Fsp3) is 0.348. The van der Waals surface area contributed by atoms with Gasteiger partial charge in [-0.15, -0.1) is 0 Å². The van der Waals surface area contributed by atoms with E-state index in [0.29, 0.717) is 12.0 Å². The molecule has 0 saturated heterocycles. The van der Waals surface area contributed by atoms with Crippen molar-refractivity contribution in [3.63, 3.8) is 0 Å². The number of nitrogens with one attached hydrogen (secondary N) is 1. The summed E-state index contributed by atoms with van der Waals surface area (Å²) in [6.07, 6.45) is 5.08. The van der Waals surface area contributed by atoms with Crippen LogP contribution in [0.1, 0.15) is 47.2 Å². The SMILES string of the molecule is CCN(CCc1cccc(C)c1)C1CCc2c1ccc(/C=C/C(=O)NO)c2F. The second-order valence-electron chi connectivity index (χ2n) is 7.27. The lowest BCUT2D eigenvalue weighted by atomic mass is 10.0. The van der Waals surface area contributed by atoms with Crippen LogP contribution in [0, 0.1) is 12.7 Å². The maximum absolute atomic E-state index is 14.9. The molecule has 0 saturated carbocycles. The molecule has 2 N–H and O–H groups in total. The number of hydrogen-bond donors (Lipinski definition) is 2. The van der Waals surface area contributed by atoms with Gasteiger partial charge in [-0.3, -0.25) is 14.9 Å². The van der Waals surface area contributed by atoms with Gasteiger partial charge in [0.25, 0.3) is 5.91 Å². The fourth-order valence-electron chi connectivity index (χ4n) is 4.04. The van der Waals surface area contributed by atoms with E-state index >= 15 is 0 Å². The summed E-state index contributed by atoms with van der Waals surface area (Å²) in [6, 6.07) is 12.5. The molecule has 0 bridgehead atoms. The molecule has 1 aliphatic rings. The summed E-state index contributed by atoms with van der Waals surface area (Å²) < 4.78 is 14.9. The summed E-state index contributed by atoms with van der Waals surface area (Å²) in [5.74, 6) is -0.942. The van der Waals surface area contributed by atoms with E-state index in [4.69, 9.17) is 5.21 Å². The first-order valence-electron chi connectivity index (χ1n) is 9.76. The van der Waals surface area contributed by atoms with Crippen LogP contribution in [-0.4, -0.2) is 29.1 Å². The maximum atomic E-state index is 14.9. The van der Waals surface area contributed by atoms with Crippen LogP contribution in [0.25, 0.3) is 6.08 Å². The summed E-state index contributed by atoms with van der Waals surface area (Å²) in [5, 5.41) is 8.56. The molecule has 1 amide bonds. The number of amides is 1. The number of fused-ring (bicyclic) bond motifs is 1. The second-order valence-corrected chi connectivity index (χ2v) is 7.27. The first-order chi connectivity index (χ1) is 13.5. The van der Waals surface area contributed by atoms with E-state index in [1.165, 1.54) is 22.7 Å². The van der Waals surface area contributed by atoms with Crippen LogP contribution in [0.15, 0.2) is 42.5 Å². The van der Waals surface area contributed by atoms with Crippen molar-refractivity contribution in [2.75, 3.05) is 13.1 Å². The van der Waals surface area contributed by atoms with E-state index in [-0.39, 0.29) is 11.9 Å². The molecule has 5 heteroatoms. The van der Waals surface area contributed by atoms with Crippen molar-refractivity contribution in [1.82, 2.24) is 10.4 Å². The van der Waals surface area contributed by atoms with Crippen LogP contribution in [0.2, 0.25) is 0 Å². The largest absolute Gasteiger partial charge is 0.296 e. The third-order valence-electron chi connectivity index (χ3n) is 5.48. The normalized spacial score (nSPS) is 16.0. The van der Waals surface area contributed by atoms with Gasteiger partial charge in [-0.1, -0.05) is 48.9 Å². The van der Waals surface area contributed by atoms with Gasteiger partial charge in [-0.25, -0.2) is 9.87 Å². The molecular weight excluding hydrogens is 355 g/mol. The molecule has 28 heavy (non-hydrogen) atoms. The quantitative estimate of drug-likeness (QED) is 0.429. The number of nitrogens with zero attached hydrogens (tertiary/aromatic N) is 1. The van der Waals surface area contributed by atoms with Crippen LogP contribution < -0.4 is 5.48 Å². The number of rotatable bonds is 7. The van der Waals surface area contributed by atoms with Crippen LogP contribution in [0.5, 0.6) is 0 Å². The van der Waals surface area contributed by atoms with E-state index in [0.717, 1.165) is 43.1 Å².